The van der Waals surface area contributed by atoms with Crippen LogP contribution in [0.5, 0.6) is 0 Å². The van der Waals surface area contributed by atoms with Crippen LogP contribution in [0, 0.1) is 0 Å². The zero-order chi connectivity index (χ0) is 68.6. The molecule has 0 saturated heterocycles. The molecule has 0 aliphatic heterocycles. The fraction of sp³-hybridized carbons (Fsp3) is 0. The van der Waals surface area contributed by atoms with Crippen molar-refractivity contribution in [2.75, 3.05) is 9.80 Å². The van der Waals surface area contributed by atoms with Crippen molar-refractivity contribution in [1.82, 2.24) is 9.97 Å². The first-order valence-electron chi connectivity index (χ1n) is 35.3. The van der Waals surface area contributed by atoms with Gasteiger partial charge in [0.25, 0.3) is 0 Å². The molecule has 2 heterocycles. The summed E-state index contributed by atoms with van der Waals surface area (Å²) in [6.07, 6.45) is 0. The van der Waals surface area contributed by atoms with Crippen LogP contribution < -0.4 is 9.80 Å². The van der Waals surface area contributed by atoms with Crippen LogP contribution in [-0.2, 0) is 0 Å². The number of fused-ring (bicyclic) bond motifs is 14. The molecule has 0 atom stereocenters. The summed E-state index contributed by atoms with van der Waals surface area (Å²) in [5, 5.41) is 13.6. The van der Waals surface area contributed by atoms with Crippen molar-refractivity contribution in [1.29, 1.82) is 0 Å². The van der Waals surface area contributed by atoms with Gasteiger partial charge in [-0.25, -0.2) is 9.97 Å². The van der Waals surface area contributed by atoms with Gasteiger partial charge in [0.05, 0.1) is 0 Å². The predicted molar refractivity (Wildman–Crippen MR) is 434 cm³/mol. The van der Waals surface area contributed by atoms with Crippen LogP contribution in [0.1, 0.15) is 0 Å². The van der Waals surface area contributed by atoms with Crippen molar-refractivity contribution in [2.24, 2.45) is 0 Å². The molecule has 0 amide bonds. The van der Waals surface area contributed by atoms with Crippen LogP contribution in [0.25, 0.3) is 165 Å². The smallest absolute Gasteiger partial charge is 0.227 e. The average molecular weight is 1330 g/mol. The maximum Gasteiger partial charge on any atom is 0.227 e. The Balaban J connectivity index is 0.569. The zero-order valence-corrected chi connectivity index (χ0v) is 56.4. The van der Waals surface area contributed by atoms with E-state index in [0.717, 1.165) is 149 Å². The van der Waals surface area contributed by atoms with Crippen LogP contribution in [-0.4, -0.2) is 9.97 Å². The Hall–Kier alpha value is -13.9. The Bertz CT molecular complexity index is 6670. The molecular formula is C98H62N4O2. The van der Waals surface area contributed by atoms with E-state index in [1.54, 1.807) is 0 Å². The van der Waals surface area contributed by atoms with Gasteiger partial charge in [0, 0.05) is 66.8 Å². The van der Waals surface area contributed by atoms with E-state index in [0.29, 0.717) is 11.8 Å². The molecule has 0 fully saturated rings. The van der Waals surface area contributed by atoms with E-state index in [1.807, 2.05) is 30.3 Å². The lowest BCUT2D eigenvalue weighted by Crippen LogP contribution is -2.09. The van der Waals surface area contributed by atoms with E-state index < -0.39 is 0 Å². The molecule has 104 heavy (non-hydrogen) atoms. The summed E-state index contributed by atoms with van der Waals surface area (Å²) in [4.78, 5) is 15.0. The molecule has 0 aliphatic carbocycles. The molecule has 0 radical (unpaired) electrons. The fourth-order valence-electron chi connectivity index (χ4n) is 15.5. The minimum absolute atomic E-state index is 0.588. The van der Waals surface area contributed by atoms with Gasteiger partial charge >= 0.3 is 0 Å². The van der Waals surface area contributed by atoms with E-state index in [4.69, 9.17) is 18.8 Å². The second-order valence-electron chi connectivity index (χ2n) is 26.7. The second kappa shape index (κ2) is 25.0. The molecule has 0 saturated carbocycles. The largest absolute Gasteiger partial charge is 0.435 e. The highest BCUT2D eigenvalue weighted by atomic mass is 16.4. The highest BCUT2D eigenvalue weighted by molar-refractivity contribution is 6.25. The number of oxazole rings is 2. The van der Waals surface area contributed by atoms with Crippen molar-refractivity contribution in [3.8, 4) is 78.5 Å². The van der Waals surface area contributed by atoms with Gasteiger partial charge in [0.1, 0.15) is 11.0 Å². The van der Waals surface area contributed by atoms with E-state index in [-0.39, 0.29) is 0 Å². The average Bonchev–Trinajstić information content (AvgIpc) is 1.44. The first kappa shape index (κ1) is 60.1. The number of hydrogen-bond acceptors (Lipinski definition) is 6. The summed E-state index contributed by atoms with van der Waals surface area (Å²) in [5.74, 6) is 1.21. The number of aromatic nitrogens is 2. The minimum Gasteiger partial charge on any atom is -0.435 e. The highest BCUT2D eigenvalue weighted by Crippen LogP contribution is 2.46. The third-order valence-electron chi connectivity index (χ3n) is 20.7. The zero-order valence-electron chi connectivity index (χ0n) is 56.4. The van der Waals surface area contributed by atoms with Gasteiger partial charge in [-0.3, -0.25) is 0 Å². The van der Waals surface area contributed by atoms with E-state index in [2.05, 4.69) is 356 Å². The summed E-state index contributed by atoms with van der Waals surface area (Å²) < 4.78 is 13.4. The summed E-state index contributed by atoms with van der Waals surface area (Å²) in [7, 11) is 0. The second-order valence-corrected chi connectivity index (χ2v) is 26.7. The Morgan fingerprint density at radius 1 is 0.183 bits per heavy atom. The van der Waals surface area contributed by atoms with Gasteiger partial charge < -0.3 is 18.6 Å². The molecule has 0 N–H and O–H groups in total. The minimum atomic E-state index is 0.588. The van der Waals surface area contributed by atoms with Gasteiger partial charge in [0.15, 0.2) is 11.2 Å². The number of hydrogen-bond donors (Lipinski definition) is 0. The molecule has 2 aromatic heterocycles. The maximum atomic E-state index is 6.84. The number of anilines is 6. The van der Waals surface area contributed by atoms with Crippen LogP contribution >= 0.6 is 0 Å². The summed E-state index contributed by atoms with van der Waals surface area (Å²) in [6, 6.07) is 135. The Morgan fingerprint density at radius 3 is 0.933 bits per heavy atom. The highest BCUT2D eigenvalue weighted by Gasteiger charge is 2.22. The lowest BCUT2D eigenvalue weighted by atomic mass is 9.91. The van der Waals surface area contributed by atoms with E-state index >= 15 is 0 Å². The van der Waals surface area contributed by atoms with Crippen molar-refractivity contribution in [3.63, 3.8) is 0 Å². The molecule has 6 nitrogen and oxygen atoms in total. The lowest BCUT2D eigenvalue weighted by Gasteiger charge is -2.26. The molecule has 20 aromatic rings. The third-order valence-corrected chi connectivity index (χ3v) is 20.7. The predicted octanol–water partition coefficient (Wildman–Crippen LogP) is 27.5. The molecule has 18 aromatic carbocycles. The molecule has 0 aliphatic rings. The van der Waals surface area contributed by atoms with Crippen LogP contribution in [0.2, 0.25) is 0 Å². The molecule has 20 rings (SSSR count). The number of rotatable bonds is 13. The standard InChI is InChI=1S/C98H62N4O2/c1-4-19-69(20-5-1)97-99-93-87-56-46-73(61-91(87)85-28-14-16-30-89(85)95(93)103-97)66-42-52-79(53-43-66)102(76-24-8-3-9-25-76)80-54-44-68(45-55-80)82-59-58-81(83-26-12-13-27-84(82)83)67-33-35-70(36-34-67)98-100-94-88-57-47-74(62-92(88)86-29-15-17-31-90(86)96(94)104-98)65-40-50-78(51-41-65)101(75-22-6-2-7-23-75)77-48-38-64(39-49-77)72-37-32-63-18-10-11-21-71(63)60-72/h1-62H. The van der Waals surface area contributed by atoms with Crippen molar-refractivity contribution >= 4 is 121 Å². The number of benzene rings is 18. The quantitative estimate of drug-likeness (QED) is 0.107. The summed E-state index contributed by atoms with van der Waals surface area (Å²) >= 11 is 0. The van der Waals surface area contributed by atoms with Crippen LogP contribution in [0.3, 0.4) is 0 Å². The SMILES string of the molecule is c1ccc(-c2nc3c4ccc(-c5ccc(N(c6ccccc6)c6ccc(-c7ccc(-c8ccc(-c9nc%10c%11ccc(-c%12ccc(N(c%13ccccc%13)c%13ccc(-c%14ccc%15ccccc%15c%14)cc%13)cc%12)cc%11c%11ccccc%11c%10o9)cc8)c8ccccc78)cc6)cc5)cc4c4ccccc4c3o2)cc1. The summed E-state index contributed by atoms with van der Waals surface area (Å²) in [5.41, 5.74) is 23.1. The topological polar surface area (TPSA) is 58.5 Å². The normalized spacial score (nSPS) is 11.7. The first-order valence-corrected chi connectivity index (χ1v) is 35.3. The monoisotopic (exact) mass is 1330 g/mol. The molecule has 0 bridgehead atoms. The first-order chi connectivity index (χ1) is 51.5. The van der Waals surface area contributed by atoms with Gasteiger partial charge in [-0.1, -0.05) is 261 Å². The van der Waals surface area contributed by atoms with Gasteiger partial charge in [-0.2, -0.15) is 0 Å². The summed E-state index contributed by atoms with van der Waals surface area (Å²) in [6.45, 7) is 0. The van der Waals surface area contributed by atoms with Gasteiger partial charge in [-0.15, -0.1) is 0 Å². The van der Waals surface area contributed by atoms with E-state index in [1.165, 1.54) is 38.2 Å². The van der Waals surface area contributed by atoms with Crippen molar-refractivity contribution in [3.05, 3.63) is 376 Å². The van der Waals surface area contributed by atoms with Gasteiger partial charge in [0.2, 0.25) is 11.8 Å². The van der Waals surface area contributed by atoms with Crippen LogP contribution in [0.15, 0.2) is 385 Å². The Labute approximate surface area is 600 Å². The lowest BCUT2D eigenvalue weighted by molar-refractivity contribution is 0.622. The molecule has 0 spiro atoms. The third kappa shape index (κ3) is 10.5. The Morgan fingerprint density at radius 2 is 0.490 bits per heavy atom. The van der Waals surface area contributed by atoms with Gasteiger partial charge in [-0.05, 0) is 214 Å². The molecular weight excluding hydrogens is 1270 g/mol. The van der Waals surface area contributed by atoms with Crippen molar-refractivity contribution < 1.29 is 8.83 Å². The van der Waals surface area contributed by atoms with Crippen molar-refractivity contribution in [2.45, 2.75) is 0 Å². The Kier molecular flexibility index (Phi) is 14.5. The number of nitrogens with zero attached hydrogens (tertiary/aromatic N) is 4. The molecule has 6 heteroatoms. The molecule has 486 valence electrons. The van der Waals surface area contributed by atoms with E-state index in [9.17, 15) is 0 Å². The number of para-hydroxylation sites is 2. The van der Waals surface area contributed by atoms with Crippen LogP contribution in [0.4, 0.5) is 34.1 Å². The fourth-order valence-corrected chi connectivity index (χ4v) is 15.5. The maximum absolute atomic E-state index is 6.84. The molecule has 0 unspecified atom stereocenters.